The van der Waals surface area contributed by atoms with E-state index in [-0.39, 0.29) is 13.0 Å². The first kappa shape index (κ1) is 11.0. The highest BCUT2D eigenvalue weighted by molar-refractivity contribution is 6.43. The number of benzene rings is 1. The molecule has 0 fully saturated rings. The fraction of sp³-hybridized carbons (Fsp3) is 0.167. The lowest BCUT2D eigenvalue weighted by Crippen LogP contribution is -2.42. The Hall–Kier alpha value is -2.48. The highest BCUT2D eigenvalue weighted by Gasteiger charge is 2.30. The van der Waals surface area contributed by atoms with Gasteiger partial charge in [-0.15, -0.1) is 0 Å². The minimum Gasteiger partial charge on any atom is -0.301 e. The third-order valence-electron chi connectivity index (χ3n) is 2.60. The number of nitrogens with zero attached hydrogens (tertiary/aromatic N) is 2. The van der Waals surface area contributed by atoms with Crippen LogP contribution in [0.25, 0.3) is 0 Å². The molecular weight excluding hydrogens is 220 g/mol. The van der Waals surface area contributed by atoms with Crippen molar-refractivity contribution in [2.24, 2.45) is 0 Å². The fourth-order valence-electron chi connectivity index (χ4n) is 1.80. The molecule has 0 unspecified atom stereocenters. The Morgan fingerprint density at radius 3 is 2.82 bits per heavy atom. The molecule has 0 saturated carbocycles. The maximum atomic E-state index is 11.6. The molecule has 1 amide bonds. The van der Waals surface area contributed by atoms with Gasteiger partial charge in [-0.25, -0.2) is 0 Å². The van der Waals surface area contributed by atoms with Gasteiger partial charge in [-0.05, 0) is 17.7 Å². The molecule has 0 atom stereocenters. The average molecular weight is 228 g/mol. The maximum Gasteiger partial charge on any atom is 0.295 e. The van der Waals surface area contributed by atoms with Gasteiger partial charge in [-0.2, -0.15) is 5.26 Å². The van der Waals surface area contributed by atoms with E-state index in [9.17, 15) is 14.4 Å². The molecule has 0 bridgehead atoms. The average Bonchev–Trinajstić information content (AvgIpc) is 2.34. The summed E-state index contributed by atoms with van der Waals surface area (Å²) in [7, 11) is 0. The number of anilines is 1. The van der Waals surface area contributed by atoms with Crippen LogP contribution in [0.3, 0.4) is 0 Å². The van der Waals surface area contributed by atoms with E-state index in [0.29, 0.717) is 23.1 Å². The molecular formula is C12H8N2O3. The van der Waals surface area contributed by atoms with E-state index in [1.54, 1.807) is 12.1 Å². The number of ketones is 1. The van der Waals surface area contributed by atoms with Crippen LogP contribution in [0.2, 0.25) is 0 Å². The number of amides is 1. The van der Waals surface area contributed by atoms with Gasteiger partial charge in [0.25, 0.3) is 5.91 Å². The topological polar surface area (TPSA) is 78.2 Å². The van der Waals surface area contributed by atoms with Crippen molar-refractivity contribution in [1.82, 2.24) is 0 Å². The van der Waals surface area contributed by atoms with Crippen molar-refractivity contribution in [2.45, 2.75) is 6.42 Å². The highest BCUT2D eigenvalue weighted by atomic mass is 16.2. The van der Waals surface area contributed by atoms with E-state index in [4.69, 9.17) is 5.26 Å². The zero-order chi connectivity index (χ0) is 12.4. The maximum absolute atomic E-state index is 11.6. The van der Waals surface area contributed by atoms with Crippen molar-refractivity contribution in [3.05, 3.63) is 29.3 Å². The molecule has 1 aromatic rings. The minimum atomic E-state index is -0.695. The summed E-state index contributed by atoms with van der Waals surface area (Å²) in [6, 6.07) is 6.69. The number of hydrogen-bond acceptors (Lipinski definition) is 4. The Bertz CT molecular complexity index is 557. The van der Waals surface area contributed by atoms with Gasteiger partial charge >= 0.3 is 0 Å². The van der Waals surface area contributed by atoms with Crippen LogP contribution >= 0.6 is 0 Å². The van der Waals surface area contributed by atoms with Gasteiger partial charge in [0.1, 0.15) is 6.29 Å². The molecule has 2 rings (SSSR count). The Balaban J connectivity index is 2.55. The predicted octanol–water partition coefficient (Wildman–Crippen LogP) is 0.215. The number of aldehydes is 1. The van der Waals surface area contributed by atoms with Crippen LogP contribution in [-0.4, -0.2) is 24.5 Å². The zero-order valence-electron chi connectivity index (χ0n) is 8.84. The summed E-state index contributed by atoms with van der Waals surface area (Å²) in [4.78, 5) is 34.7. The van der Waals surface area contributed by atoms with Gasteiger partial charge in [-0.1, -0.05) is 6.07 Å². The van der Waals surface area contributed by atoms with Crippen LogP contribution < -0.4 is 4.90 Å². The quantitative estimate of drug-likeness (QED) is 0.535. The first-order valence-corrected chi connectivity index (χ1v) is 4.98. The summed E-state index contributed by atoms with van der Waals surface area (Å²) in [6.45, 7) is -0.174. The fourth-order valence-corrected chi connectivity index (χ4v) is 1.80. The van der Waals surface area contributed by atoms with E-state index in [2.05, 4.69) is 0 Å². The Kier molecular flexibility index (Phi) is 2.71. The van der Waals surface area contributed by atoms with Gasteiger partial charge in [0, 0.05) is 12.1 Å². The first-order chi connectivity index (χ1) is 8.17. The van der Waals surface area contributed by atoms with Gasteiger partial charge in [0.2, 0.25) is 5.78 Å². The van der Waals surface area contributed by atoms with E-state index in [1.807, 2.05) is 6.07 Å². The largest absolute Gasteiger partial charge is 0.301 e. The molecule has 1 heterocycles. The zero-order valence-corrected chi connectivity index (χ0v) is 8.84. The second-order valence-electron chi connectivity index (χ2n) is 3.64. The Labute approximate surface area is 97.3 Å². The van der Waals surface area contributed by atoms with Crippen LogP contribution in [0.15, 0.2) is 18.2 Å². The first-order valence-electron chi connectivity index (χ1n) is 4.98. The van der Waals surface area contributed by atoms with Crippen molar-refractivity contribution < 1.29 is 14.4 Å². The normalized spacial score (nSPS) is 14.2. The summed E-state index contributed by atoms with van der Waals surface area (Å²) >= 11 is 0. The monoisotopic (exact) mass is 228 g/mol. The van der Waals surface area contributed by atoms with Gasteiger partial charge in [0.05, 0.1) is 18.2 Å². The number of fused-ring (bicyclic) bond motifs is 1. The molecule has 0 aromatic heterocycles. The predicted molar refractivity (Wildman–Crippen MR) is 58.3 cm³/mol. The molecule has 5 heteroatoms. The molecule has 1 aliphatic rings. The third-order valence-corrected chi connectivity index (χ3v) is 2.60. The second kappa shape index (κ2) is 4.18. The summed E-state index contributed by atoms with van der Waals surface area (Å²) in [5.74, 6) is -1.23. The summed E-state index contributed by atoms with van der Waals surface area (Å²) < 4.78 is 0. The van der Waals surface area contributed by atoms with Crippen LogP contribution in [-0.2, 0) is 20.8 Å². The second-order valence-corrected chi connectivity index (χ2v) is 3.64. The van der Waals surface area contributed by atoms with E-state index < -0.39 is 11.7 Å². The smallest absolute Gasteiger partial charge is 0.295 e. The lowest BCUT2D eigenvalue weighted by molar-refractivity contribution is -0.136. The number of carbonyl (C=O) groups excluding carboxylic acids is 3. The van der Waals surface area contributed by atoms with Crippen molar-refractivity contribution in [3.63, 3.8) is 0 Å². The Morgan fingerprint density at radius 2 is 2.18 bits per heavy atom. The van der Waals surface area contributed by atoms with Crippen molar-refractivity contribution in [1.29, 1.82) is 5.26 Å². The van der Waals surface area contributed by atoms with Gasteiger partial charge < -0.3 is 4.79 Å². The minimum absolute atomic E-state index is 0.0230. The molecule has 0 spiro atoms. The summed E-state index contributed by atoms with van der Waals surface area (Å²) in [5, 5.41) is 8.78. The van der Waals surface area contributed by atoms with Crippen LogP contribution in [0.5, 0.6) is 0 Å². The van der Waals surface area contributed by atoms with Gasteiger partial charge in [0.15, 0.2) is 0 Å². The molecule has 1 aromatic carbocycles. The molecule has 0 saturated heterocycles. The number of Topliss-reactive ketones (excluding diaryl/α,β-unsaturated/α-hetero) is 1. The SMILES string of the molecule is N#Cc1ccc2c(c1)N(CC=O)C(=O)C(=O)C2. The lowest BCUT2D eigenvalue weighted by Gasteiger charge is -2.26. The summed E-state index contributed by atoms with van der Waals surface area (Å²) in [6.07, 6.45) is 0.578. The van der Waals surface area contributed by atoms with E-state index in [0.717, 1.165) is 4.90 Å². The van der Waals surface area contributed by atoms with Crippen LogP contribution in [0.4, 0.5) is 5.69 Å². The van der Waals surface area contributed by atoms with Crippen molar-refractivity contribution in [3.8, 4) is 6.07 Å². The number of carbonyl (C=O) groups is 3. The molecule has 5 nitrogen and oxygen atoms in total. The molecule has 84 valence electrons. The lowest BCUT2D eigenvalue weighted by atomic mass is 9.98. The molecule has 0 N–H and O–H groups in total. The van der Waals surface area contributed by atoms with Crippen molar-refractivity contribution in [2.75, 3.05) is 11.4 Å². The molecule has 1 aliphatic heterocycles. The van der Waals surface area contributed by atoms with E-state index in [1.165, 1.54) is 6.07 Å². The number of rotatable bonds is 2. The van der Waals surface area contributed by atoms with Crippen LogP contribution in [0, 0.1) is 11.3 Å². The number of nitriles is 1. The standard InChI is InChI=1S/C12H8N2O3/c13-7-8-1-2-9-6-11(16)12(17)14(3-4-15)10(9)5-8/h1-2,4-5H,3,6H2. The van der Waals surface area contributed by atoms with Crippen LogP contribution in [0.1, 0.15) is 11.1 Å². The molecule has 0 aliphatic carbocycles. The van der Waals surface area contributed by atoms with E-state index >= 15 is 0 Å². The molecule has 0 radical (unpaired) electrons. The highest BCUT2D eigenvalue weighted by Crippen LogP contribution is 2.27. The molecule has 17 heavy (non-hydrogen) atoms. The van der Waals surface area contributed by atoms with Gasteiger partial charge in [-0.3, -0.25) is 14.5 Å². The number of hydrogen-bond donors (Lipinski definition) is 0. The Morgan fingerprint density at radius 1 is 1.41 bits per heavy atom. The summed E-state index contributed by atoms with van der Waals surface area (Å²) in [5.41, 5.74) is 1.53. The third kappa shape index (κ3) is 1.81. The van der Waals surface area contributed by atoms with Crippen molar-refractivity contribution >= 4 is 23.7 Å².